The third kappa shape index (κ3) is 2.11. The molecule has 0 radical (unpaired) electrons. The van der Waals surface area contributed by atoms with Crippen LogP contribution in [-0.4, -0.2) is 17.3 Å². The van der Waals surface area contributed by atoms with Crippen LogP contribution in [-0.2, 0) is 6.42 Å². The van der Waals surface area contributed by atoms with Crippen LogP contribution in [0.5, 0.6) is 0 Å². The van der Waals surface area contributed by atoms with Crippen molar-refractivity contribution in [3.8, 4) is 0 Å². The molecule has 0 bridgehead atoms. The van der Waals surface area contributed by atoms with Crippen LogP contribution in [0, 0.1) is 0 Å². The van der Waals surface area contributed by atoms with Gasteiger partial charge in [0.05, 0.1) is 0 Å². The molecule has 1 nitrogen and oxygen atoms in total. The fourth-order valence-electron chi connectivity index (χ4n) is 2.22. The van der Waals surface area contributed by atoms with E-state index in [0.29, 0.717) is 0 Å². The van der Waals surface area contributed by atoms with Gasteiger partial charge in [0.15, 0.2) is 12.8 Å². The summed E-state index contributed by atoms with van der Waals surface area (Å²) in [7, 11) is 0. The maximum atomic E-state index is 6.02. The van der Waals surface area contributed by atoms with Gasteiger partial charge in [0.25, 0.3) is 0 Å². The molecule has 1 aliphatic heterocycles. The first kappa shape index (κ1) is 10.5. The third-order valence-electron chi connectivity index (χ3n) is 3.11. The minimum absolute atomic E-state index is 0.787. The molecule has 0 unspecified atom stereocenters. The summed E-state index contributed by atoms with van der Waals surface area (Å²) in [4.78, 5) is 0. The molecule has 0 saturated carbocycles. The largest absolute Gasteiger partial charge is 0.206 e. The lowest BCUT2D eigenvalue weighted by molar-refractivity contribution is -0.436. The van der Waals surface area contributed by atoms with E-state index < -0.39 is 0 Å². The van der Waals surface area contributed by atoms with E-state index in [1.807, 2.05) is 18.2 Å². The molecular formula is C15H13ClN+. The maximum absolute atomic E-state index is 6.02. The van der Waals surface area contributed by atoms with E-state index in [2.05, 4.69) is 41.1 Å². The van der Waals surface area contributed by atoms with E-state index in [1.165, 1.54) is 11.1 Å². The first-order valence-electron chi connectivity index (χ1n) is 5.78. The van der Waals surface area contributed by atoms with E-state index >= 15 is 0 Å². The van der Waals surface area contributed by atoms with E-state index in [-0.39, 0.29) is 0 Å². The van der Waals surface area contributed by atoms with E-state index in [9.17, 15) is 0 Å². The normalized spacial score (nSPS) is 14.1. The van der Waals surface area contributed by atoms with Gasteiger partial charge in [-0.2, -0.15) is 4.58 Å². The zero-order valence-corrected chi connectivity index (χ0v) is 10.2. The highest BCUT2D eigenvalue weighted by atomic mass is 35.5. The van der Waals surface area contributed by atoms with Gasteiger partial charge in [-0.1, -0.05) is 35.9 Å². The molecule has 3 rings (SSSR count). The second-order valence-corrected chi connectivity index (χ2v) is 4.69. The average molecular weight is 243 g/mol. The Labute approximate surface area is 106 Å². The predicted octanol–water partition coefficient (Wildman–Crippen LogP) is 3.66. The predicted molar refractivity (Wildman–Crippen MR) is 71.6 cm³/mol. The van der Waals surface area contributed by atoms with Crippen LogP contribution in [0.1, 0.15) is 11.1 Å². The molecule has 17 heavy (non-hydrogen) atoms. The van der Waals surface area contributed by atoms with Gasteiger partial charge in [0.2, 0.25) is 5.69 Å². The molecule has 0 spiro atoms. The van der Waals surface area contributed by atoms with Gasteiger partial charge in [0.1, 0.15) is 0 Å². The molecule has 1 heterocycles. The monoisotopic (exact) mass is 242 g/mol. The van der Waals surface area contributed by atoms with Gasteiger partial charge in [-0.3, -0.25) is 0 Å². The number of halogens is 1. The molecule has 0 aliphatic carbocycles. The van der Waals surface area contributed by atoms with Crippen molar-refractivity contribution in [2.75, 3.05) is 6.54 Å². The highest BCUT2D eigenvalue weighted by molar-refractivity contribution is 6.30. The molecule has 0 aromatic heterocycles. The van der Waals surface area contributed by atoms with Gasteiger partial charge in [-0.05, 0) is 17.7 Å². The number of nitrogens with zero attached hydrogens (tertiary/aromatic N) is 1. The lowest BCUT2D eigenvalue weighted by atomic mass is 10.0. The standard InChI is InChI=1S/C15H13ClN/c16-14-6-3-7-15(10-14)17-9-8-12-4-1-2-5-13(12)11-17/h1-7,10-11H,8-9H2/q+1. The Kier molecular flexibility index (Phi) is 2.69. The van der Waals surface area contributed by atoms with Gasteiger partial charge >= 0.3 is 0 Å². The summed E-state index contributed by atoms with van der Waals surface area (Å²) in [5.74, 6) is 0. The zero-order valence-electron chi connectivity index (χ0n) is 9.44. The Balaban J connectivity index is 2.04. The molecule has 1 aliphatic rings. The Hall–Kier alpha value is -1.60. The molecule has 0 atom stereocenters. The molecule has 2 aromatic rings. The van der Waals surface area contributed by atoms with Crippen molar-refractivity contribution in [3.63, 3.8) is 0 Å². The summed E-state index contributed by atoms with van der Waals surface area (Å²) in [6.07, 6.45) is 3.28. The first-order chi connectivity index (χ1) is 8.33. The van der Waals surface area contributed by atoms with Crippen molar-refractivity contribution in [2.45, 2.75) is 6.42 Å². The van der Waals surface area contributed by atoms with Crippen LogP contribution in [0.3, 0.4) is 0 Å². The third-order valence-corrected chi connectivity index (χ3v) is 3.35. The van der Waals surface area contributed by atoms with Gasteiger partial charge in [0, 0.05) is 29.1 Å². The average Bonchev–Trinajstić information content (AvgIpc) is 2.38. The number of rotatable bonds is 1. The van der Waals surface area contributed by atoms with E-state index in [0.717, 1.165) is 23.7 Å². The second kappa shape index (κ2) is 4.34. The molecule has 2 aromatic carbocycles. The molecule has 84 valence electrons. The molecule has 0 N–H and O–H groups in total. The van der Waals surface area contributed by atoms with Crippen LogP contribution in [0.4, 0.5) is 5.69 Å². The quantitative estimate of drug-likeness (QED) is 0.672. The van der Waals surface area contributed by atoms with Crippen molar-refractivity contribution < 1.29 is 4.58 Å². The number of hydrogen-bond donors (Lipinski definition) is 0. The molecule has 0 fully saturated rings. The lowest BCUT2D eigenvalue weighted by Crippen LogP contribution is -2.18. The fraction of sp³-hybridized carbons (Fsp3) is 0.133. The Morgan fingerprint density at radius 3 is 2.76 bits per heavy atom. The molecule has 0 amide bonds. The summed E-state index contributed by atoms with van der Waals surface area (Å²) in [5.41, 5.74) is 3.89. The number of fused-ring (bicyclic) bond motifs is 1. The van der Waals surface area contributed by atoms with Crippen molar-refractivity contribution >= 4 is 23.5 Å². The van der Waals surface area contributed by atoms with E-state index in [1.54, 1.807) is 0 Å². The first-order valence-corrected chi connectivity index (χ1v) is 6.16. The van der Waals surface area contributed by atoms with Gasteiger partial charge in [-0.25, -0.2) is 0 Å². The molecule has 2 heteroatoms. The summed E-state index contributed by atoms with van der Waals surface area (Å²) < 4.78 is 2.26. The summed E-state index contributed by atoms with van der Waals surface area (Å²) >= 11 is 6.02. The van der Waals surface area contributed by atoms with Crippen molar-refractivity contribution in [1.29, 1.82) is 0 Å². The van der Waals surface area contributed by atoms with E-state index in [4.69, 9.17) is 11.6 Å². The van der Waals surface area contributed by atoms with Crippen LogP contribution in [0.25, 0.3) is 0 Å². The Bertz CT molecular complexity index is 587. The Morgan fingerprint density at radius 2 is 1.88 bits per heavy atom. The molecular weight excluding hydrogens is 230 g/mol. The van der Waals surface area contributed by atoms with Gasteiger partial charge < -0.3 is 0 Å². The minimum Gasteiger partial charge on any atom is -0.198 e. The zero-order chi connectivity index (χ0) is 11.7. The number of hydrogen-bond acceptors (Lipinski definition) is 0. The highest BCUT2D eigenvalue weighted by Crippen LogP contribution is 2.21. The SMILES string of the molecule is Clc1cccc([N+]2=Cc3ccccc3CC2)c1. The van der Waals surface area contributed by atoms with Crippen LogP contribution in [0.2, 0.25) is 5.02 Å². The number of benzene rings is 2. The fourth-order valence-corrected chi connectivity index (χ4v) is 2.40. The maximum Gasteiger partial charge on any atom is 0.206 e. The summed E-state index contributed by atoms with van der Waals surface area (Å²) in [5, 5.41) is 0.787. The molecule has 0 saturated heterocycles. The Morgan fingerprint density at radius 1 is 1.00 bits per heavy atom. The lowest BCUT2D eigenvalue weighted by Gasteiger charge is -2.11. The van der Waals surface area contributed by atoms with Crippen molar-refractivity contribution in [3.05, 3.63) is 64.7 Å². The minimum atomic E-state index is 0.787. The highest BCUT2D eigenvalue weighted by Gasteiger charge is 2.17. The smallest absolute Gasteiger partial charge is 0.198 e. The topological polar surface area (TPSA) is 3.01 Å². The summed E-state index contributed by atoms with van der Waals surface area (Å²) in [6, 6.07) is 16.5. The van der Waals surface area contributed by atoms with Crippen molar-refractivity contribution in [1.82, 2.24) is 0 Å². The van der Waals surface area contributed by atoms with Crippen LogP contribution < -0.4 is 0 Å². The van der Waals surface area contributed by atoms with Crippen molar-refractivity contribution in [2.24, 2.45) is 0 Å². The van der Waals surface area contributed by atoms with Crippen LogP contribution >= 0.6 is 11.6 Å². The van der Waals surface area contributed by atoms with Gasteiger partial charge in [-0.15, -0.1) is 0 Å². The summed E-state index contributed by atoms with van der Waals surface area (Å²) in [6.45, 7) is 1.01. The van der Waals surface area contributed by atoms with Crippen LogP contribution in [0.15, 0.2) is 48.5 Å². The second-order valence-electron chi connectivity index (χ2n) is 4.25.